The van der Waals surface area contributed by atoms with E-state index in [2.05, 4.69) is 10.3 Å². The molecule has 12 heteroatoms. The molecule has 4 rings (SSSR count). The van der Waals surface area contributed by atoms with E-state index in [1.54, 1.807) is 26.0 Å². The fourth-order valence-corrected chi connectivity index (χ4v) is 5.24. The zero-order valence-corrected chi connectivity index (χ0v) is 24.2. The van der Waals surface area contributed by atoms with Crippen molar-refractivity contribution >= 4 is 57.4 Å². The van der Waals surface area contributed by atoms with E-state index >= 15 is 0 Å². The average molecular weight is 620 g/mol. The van der Waals surface area contributed by atoms with Crippen molar-refractivity contribution in [3.05, 3.63) is 76.1 Å². The first-order chi connectivity index (χ1) is 18.3. The molecule has 1 N–H and O–H groups in total. The third-order valence-electron chi connectivity index (χ3n) is 5.92. The molecule has 0 aliphatic carbocycles. The molecule has 0 fully saturated rings. The van der Waals surface area contributed by atoms with Crippen molar-refractivity contribution in [1.82, 2.24) is 4.90 Å². The summed E-state index contributed by atoms with van der Waals surface area (Å²) in [5.74, 6) is -1.09. The third-order valence-corrected chi connectivity index (χ3v) is 6.91. The van der Waals surface area contributed by atoms with Crippen molar-refractivity contribution in [2.75, 3.05) is 26.1 Å². The van der Waals surface area contributed by atoms with Crippen molar-refractivity contribution in [3.63, 3.8) is 0 Å². The molecule has 0 bridgehead atoms. The monoisotopic (exact) mass is 619 g/mol. The number of ether oxygens (including phenoxy) is 3. The van der Waals surface area contributed by atoms with Gasteiger partial charge in [-0.2, -0.15) is 0 Å². The molecule has 0 saturated heterocycles. The van der Waals surface area contributed by atoms with Crippen LogP contribution in [0.1, 0.15) is 19.4 Å². The Balaban J connectivity index is 0.00000420. The Morgan fingerprint density at radius 3 is 2.49 bits per heavy atom. The molecule has 1 unspecified atom stereocenters. The predicted molar refractivity (Wildman–Crippen MR) is 152 cm³/mol. The first kappa shape index (κ1) is 29.9. The molecule has 0 aromatic heterocycles. The molecule has 0 saturated carbocycles. The Morgan fingerprint density at radius 2 is 1.85 bits per heavy atom. The summed E-state index contributed by atoms with van der Waals surface area (Å²) in [5, 5.41) is 2.90. The van der Waals surface area contributed by atoms with E-state index in [-0.39, 0.29) is 45.7 Å². The number of thioether (sulfide) groups is 1. The molecule has 1 atom stereocenters. The van der Waals surface area contributed by atoms with Crippen LogP contribution in [0.25, 0.3) is 0 Å². The normalized spacial score (nSPS) is 16.4. The van der Waals surface area contributed by atoms with Crippen LogP contribution in [0, 0.1) is 5.82 Å². The van der Waals surface area contributed by atoms with Gasteiger partial charge in [0.05, 0.1) is 43.0 Å². The summed E-state index contributed by atoms with van der Waals surface area (Å²) in [6.45, 7) is 3.51. The fourth-order valence-electron chi connectivity index (χ4n) is 4.24. The number of amidine groups is 1. The zero-order chi connectivity index (χ0) is 27.4. The van der Waals surface area contributed by atoms with Gasteiger partial charge in [0.2, 0.25) is 0 Å². The van der Waals surface area contributed by atoms with Crippen LogP contribution in [0.3, 0.4) is 0 Å². The molecular formula is C27H27BrFN3O6S. The maximum absolute atomic E-state index is 13.4. The zero-order valence-electron chi connectivity index (χ0n) is 21.6. The first-order valence-corrected chi connectivity index (χ1v) is 12.5. The van der Waals surface area contributed by atoms with E-state index in [4.69, 9.17) is 14.2 Å². The van der Waals surface area contributed by atoms with Crippen molar-refractivity contribution in [3.8, 4) is 11.5 Å². The number of hydrogen-bond donors (Lipinski definition) is 1. The quantitative estimate of drug-likeness (QED) is 0.429. The van der Waals surface area contributed by atoms with Crippen LogP contribution in [0.15, 0.2) is 69.7 Å². The number of anilines is 1. The summed E-state index contributed by atoms with van der Waals surface area (Å²) < 4.78 is 29.5. The van der Waals surface area contributed by atoms with E-state index in [1.807, 2.05) is 6.07 Å². The molecule has 39 heavy (non-hydrogen) atoms. The summed E-state index contributed by atoms with van der Waals surface area (Å²) in [7, 11) is 3.04. The number of halogens is 2. The van der Waals surface area contributed by atoms with E-state index in [9.17, 15) is 18.8 Å². The van der Waals surface area contributed by atoms with Crippen LogP contribution >= 0.6 is 28.7 Å². The number of nitrogens with zero attached hydrogens (tertiary/aromatic N) is 2. The number of hydrogen-bond acceptors (Lipinski definition) is 8. The molecule has 2 heterocycles. The van der Waals surface area contributed by atoms with Gasteiger partial charge in [-0.15, -0.1) is 17.0 Å². The number of allylic oxidation sites excluding steroid dienone is 1. The van der Waals surface area contributed by atoms with Crippen molar-refractivity contribution < 1.29 is 33.0 Å². The number of aliphatic imine (C=N–C) groups is 1. The molecule has 2 aromatic carbocycles. The molecule has 2 aliphatic heterocycles. The lowest BCUT2D eigenvalue weighted by atomic mass is 9.94. The van der Waals surface area contributed by atoms with Crippen LogP contribution < -0.4 is 14.8 Å². The van der Waals surface area contributed by atoms with Gasteiger partial charge in [-0.1, -0.05) is 12.1 Å². The van der Waals surface area contributed by atoms with Gasteiger partial charge >= 0.3 is 5.97 Å². The van der Waals surface area contributed by atoms with Crippen LogP contribution in [-0.2, 0) is 25.5 Å². The minimum absolute atomic E-state index is 0. The van der Waals surface area contributed by atoms with Gasteiger partial charge in [-0.25, -0.2) is 14.2 Å². The van der Waals surface area contributed by atoms with Gasteiger partial charge in [-0.05, 0) is 55.9 Å². The third kappa shape index (κ3) is 6.34. The average Bonchev–Trinajstić information content (AvgIpc) is 2.89. The highest BCUT2D eigenvalue weighted by Crippen LogP contribution is 2.39. The first-order valence-electron chi connectivity index (χ1n) is 11.7. The summed E-state index contributed by atoms with van der Waals surface area (Å²) in [5.41, 5.74) is 1.69. The SMILES string of the molecule is Br.CCOC(=O)C1=C(C)N=C2SC(C(=O)Nc3ccc(F)cc3)=CC(=O)N2C1Cc1cccc(OC)c1OC. The number of benzene rings is 2. The Hall–Kier alpha value is -3.64. The second-order valence-corrected chi connectivity index (χ2v) is 9.28. The largest absolute Gasteiger partial charge is 0.493 e. The molecule has 206 valence electrons. The van der Waals surface area contributed by atoms with Crippen LogP contribution in [-0.4, -0.2) is 54.7 Å². The number of fused-ring (bicyclic) bond motifs is 1. The Kier molecular flexibility index (Phi) is 9.92. The van der Waals surface area contributed by atoms with E-state index in [0.29, 0.717) is 28.4 Å². The van der Waals surface area contributed by atoms with Gasteiger partial charge < -0.3 is 19.5 Å². The summed E-state index contributed by atoms with van der Waals surface area (Å²) in [6, 6.07) is 9.87. The minimum atomic E-state index is -0.777. The molecule has 9 nitrogen and oxygen atoms in total. The Morgan fingerprint density at radius 1 is 1.13 bits per heavy atom. The van der Waals surface area contributed by atoms with Crippen LogP contribution in [0.2, 0.25) is 0 Å². The second-order valence-electron chi connectivity index (χ2n) is 8.27. The highest BCUT2D eigenvalue weighted by molar-refractivity contribution is 8.93. The molecule has 2 aliphatic rings. The van der Waals surface area contributed by atoms with E-state index < -0.39 is 29.6 Å². The molecule has 0 spiro atoms. The predicted octanol–water partition coefficient (Wildman–Crippen LogP) is 4.64. The number of rotatable bonds is 8. The number of carbonyl (C=O) groups excluding carboxylic acids is 3. The van der Waals surface area contributed by atoms with Gasteiger partial charge in [0.15, 0.2) is 16.7 Å². The second kappa shape index (κ2) is 12.9. The smallest absolute Gasteiger partial charge is 0.337 e. The van der Waals surface area contributed by atoms with Gasteiger partial charge in [0, 0.05) is 23.7 Å². The Labute approximate surface area is 239 Å². The topological polar surface area (TPSA) is 107 Å². The summed E-state index contributed by atoms with van der Waals surface area (Å²) >= 11 is 1.00. The number of amides is 2. The summed E-state index contributed by atoms with van der Waals surface area (Å²) in [4.78, 5) is 45.4. The number of nitrogens with one attached hydrogen (secondary N) is 1. The molecule has 0 radical (unpaired) electrons. The highest BCUT2D eigenvalue weighted by Gasteiger charge is 2.42. The number of methoxy groups -OCH3 is 2. The lowest BCUT2D eigenvalue weighted by Gasteiger charge is -2.38. The van der Waals surface area contributed by atoms with Crippen molar-refractivity contribution in [2.24, 2.45) is 4.99 Å². The summed E-state index contributed by atoms with van der Waals surface area (Å²) in [6.07, 6.45) is 1.39. The molecule has 2 aromatic rings. The van der Waals surface area contributed by atoms with Crippen LogP contribution in [0.4, 0.5) is 10.1 Å². The maximum atomic E-state index is 13.4. The number of carbonyl (C=O) groups is 3. The fraction of sp³-hybridized carbons (Fsp3) is 0.259. The van der Waals surface area contributed by atoms with E-state index in [0.717, 1.165) is 11.8 Å². The van der Waals surface area contributed by atoms with Gasteiger partial charge in [0.25, 0.3) is 11.8 Å². The minimum Gasteiger partial charge on any atom is -0.493 e. The highest BCUT2D eigenvalue weighted by atomic mass is 79.9. The van der Waals surface area contributed by atoms with Crippen molar-refractivity contribution in [1.29, 1.82) is 0 Å². The molecule has 2 amide bonds. The Bertz CT molecular complexity index is 1380. The number of esters is 1. The lowest BCUT2D eigenvalue weighted by molar-refractivity contribution is -0.139. The lowest BCUT2D eigenvalue weighted by Crippen LogP contribution is -2.50. The van der Waals surface area contributed by atoms with E-state index in [1.165, 1.54) is 49.5 Å². The van der Waals surface area contributed by atoms with Gasteiger partial charge in [-0.3, -0.25) is 14.5 Å². The molecular weight excluding hydrogens is 593 g/mol. The maximum Gasteiger partial charge on any atom is 0.337 e. The van der Waals surface area contributed by atoms with Crippen molar-refractivity contribution in [2.45, 2.75) is 26.3 Å². The standard InChI is InChI=1S/C27H26FN3O6S.BrH/c1-5-37-26(34)23-15(2)29-27-31(19(23)13-16-7-6-8-20(35-3)24(16)36-4)22(32)14-21(38-27)25(33)30-18-11-9-17(28)10-12-18;/h6-12,14,19H,5,13H2,1-4H3,(H,30,33);1H. The van der Waals surface area contributed by atoms with Gasteiger partial charge in [0.1, 0.15) is 5.82 Å². The van der Waals surface area contributed by atoms with Crippen LogP contribution in [0.5, 0.6) is 11.5 Å². The number of para-hydroxylation sites is 1.